The van der Waals surface area contributed by atoms with Gasteiger partial charge in [0.05, 0.1) is 30.1 Å². The monoisotopic (exact) mass is 337 g/mol. The lowest BCUT2D eigenvalue weighted by molar-refractivity contribution is 0.0243. The van der Waals surface area contributed by atoms with Gasteiger partial charge in [0.2, 0.25) is 5.88 Å². The molecule has 1 N–H and O–H groups in total. The van der Waals surface area contributed by atoms with Gasteiger partial charge in [-0.2, -0.15) is 4.98 Å². The van der Waals surface area contributed by atoms with E-state index in [2.05, 4.69) is 20.3 Å². The van der Waals surface area contributed by atoms with E-state index in [1.165, 1.54) is 6.33 Å². The first-order valence-corrected chi connectivity index (χ1v) is 8.33. The molecular weight excluding hydrogens is 318 g/mol. The van der Waals surface area contributed by atoms with Gasteiger partial charge in [-0.15, -0.1) is 0 Å². The molecule has 1 aliphatic heterocycles. The zero-order valence-corrected chi connectivity index (χ0v) is 14.0. The van der Waals surface area contributed by atoms with Gasteiger partial charge >= 0.3 is 0 Å². The van der Waals surface area contributed by atoms with Gasteiger partial charge in [-0.3, -0.25) is 4.98 Å². The highest BCUT2D eigenvalue weighted by atomic mass is 16.5. The average molecular weight is 337 g/mol. The minimum absolute atomic E-state index is 0.103. The van der Waals surface area contributed by atoms with E-state index >= 15 is 0 Å². The number of aromatic nitrogens is 4. The van der Waals surface area contributed by atoms with Crippen LogP contribution >= 0.6 is 0 Å². The van der Waals surface area contributed by atoms with Crippen molar-refractivity contribution in [3.63, 3.8) is 0 Å². The molecule has 0 atom stereocenters. The Labute approximate surface area is 145 Å². The molecule has 128 valence electrons. The summed E-state index contributed by atoms with van der Waals surface area (Å²) in [6.07, 6.45) is 6.90. The Hall–Kier alpha value is -2.80. The van der Waals surface area contributed by atoms with Gasteiger partial charge in [0.25, 0.3) is 0 Å². The topological polar surface area (TPSA) is 82.1 Å². The van der Waals surface area contributed by atoms with Crippen molar-refractivity contribution >= 4 is 16.7 Å². The second-order valence-electron chi connectivity index (χ2n) is 5.88. The summed E-state index contributed by atoms with van der Waals surface area (Å²) in [6, 6.07) is 5.87. The van der Waals surface area contributed by atoms with Crippen molar-refractivity contribution < 1.29 is 9.47 Å². The van der Waals surface area contributed by atoms with Crippen LogP contribution in [0, 0.1) is 0 Å². The Morgan fingerprint density at radius 3 is 2.88 bits per heavy atom. The second kappa shape index (κ2) is 6.98. The summed E-state index contributed by atoms with van der Waals surface area (Å²) in [7, 11) is 1.86. The first kappa shape index (κ1) is 15.7. The van der Waals surface area contributed by atoms with Gasteiger partial charge in [-0.25, -0.2) is 9.97 Å². The van der Waals surface area contributed by atoms with Gasteiger partial charge in [0.1, 0.15) is 12.4 Å². The molecule has 1 aliphatic rings. The summed E-state index contributed by atoms with van der Waals surface area (Å²) in [5, 5.41) is 3.09. The molecule has 25 heavy (non-hydrogen) atoms. The van der Waals surface area contributed by atoms with Gasteiger partial charge in [0.15, 0.2) is 5.52 Å². The quantitative estimate of drug-likeness (QED) is 0.783. The largest absolute Gasteiger partial charge is 0.473 e. The first-order valence-electron chi connectivity index (χ1n) is 8.33. The van der Waals surface area contributed by atoms with E-state index in [9.17, 15) is 0 Å². The van der Waals surface area contributed by atoms with Crippen LogP contribution in [-0.2, 0) is 4.74 Å². The Balaban J connectivity index is 1.71. The molecule has 4 heterocycles. The highest BCUT2D eigenvalue weighted by Crippen LogP contribution is 2.27. The number of fused-ring (bicyclic) bond motifs is 1. The number of anilines is 1. The molecule has 1 fully saturated rings. The van der Waals surface area contributed by atoms with E-state index in [4.69, 9.17) is 14.5 Å². The minimum atomic E-state index is 0.103. The van der Waals surface area contributed by atoms with Crippen LogP contribution in [0.5, 0.6) is 5.88 Å². The summed E-state index contributed by atoms with van der Waals surface area (Å²) in [5.41, 5.74) is 4.10. The lowest BCUT2D eigenvalue weighted by Crippen LogP contribution is -2.26. The number of hydrogen-bond acceptors (Lipinski definition) is 7. The second-order valence-corrected chi connectivity index (χ2v) is 5.88. The number of pyridine rings is 2. The maximum atomic E-state index is 6.08. The van der Waals surface area contributed by atoms with E-state index < -0.39 is 0 Å². The molecule has 0 unspecified atom stereocenters. The molecule has 3 aromatic heterocycles. The molecule has 0 bridgehead atoms. The number of rotatable bonds is 4. The minimum Gasteiger partial charge on any atom is -0.473 e. The van der Waals surface area contributed by atoms with Crippen molar-refractivity contribution in [1.29, 1.82) is 0 Å². The molecule has 0 aliphatic carbocycles. The van der Waals surface area contributed by atoms with E-state index in [0.29, 0.717) is 11.4 Å². The number of nitrogens with zero attached hydrogens (tertiary/aromatic N) is 4. The van der Waals surface area contributed by atoms with Crippen LogP contribution in [0.3, 0.4) is 0 Å². The molecule has 0 radical (unpaired) electrons. The fourth-order valence-corrected chi connectivity index (χ4v) is 2.83. The summed E-state index contributed by atoms with van der Waals surface area (Å²) in [6.45, 7) is 1.43. The van der Waals surface area contributed by atoms with Crippen LogP contribution in [0.1, 0.15) is 12.8 Å². The van der Waals surface area contributed by atoms with Crippen molar-refractivity contribution in [3.8, 4) is 17.1 Å². The molecule has 7 nitrogen and oxygen atoms in total. The summed E-state index contributed by atoms with van der Waals surface area (Å²) >= 11 is 0. The van der Waals surface area contributed by atoms with Gasteiger partial charge in [-0.1, -0.05) is 0 Å². The average Bonchev–Trinajstić information content (AvgIpc) is 2.69. The fraction of sp³-hybridized carbons (Fsp3) is 0.333. The van der Waals surface area contributed by atoms with Crippen molar-refractivity contribution in [2.45, 2.75) is 18.9 Å². The molecule has 0 aromatic carbocycles. The van der Waals surface area contributed by atoms with Gasteiger partial charge in [0, 0.05) is 37.8 Å². The number of ether oxygens (including phenoxy) is 2. The maximum Gasteiger partial charge on any atom is 0.244 e. The number of hydrogen-bond donors (Lipinski definition) is 1. The molecule has 7 heteroatoms. The molecule has 3 aromatic rings. The predicted octanol–water partition coefficient (Wildman–Crippen LogP) is 2.69. The fourth-order valence-electron chi connectivity index (χ4n) is 2.83. The molecule has 0 amide bonds. The third-order valence-electron chi connectivity index (χ3n) is 4.22. The highest BCUT2D eigenvalue weighted by Gasteiger charge is 2.18. The van der Waals surface area contributed by atoms with E-state index in [1.807, 2.05) is 25.2 Å². The van der Waals surface area contributed by atoms with Crippen LogP contribution in [0.25, 0.3) is 22.3 Å². The van der Waals surface area contributed by atoms with Crippen molar-refractivity contribution in [1.82, 2.24) is 19.9 Å². The Kier molecular flexibility index (Phi) is 4.39. The SMILES string of the molecule is CNc1cncc(-c2ccc3ncnc(OC4CCOCC4)c3n2)c1. The molecular formula is C18H19N5O2. The van der Waals surface area contributed by atoms with Crippen LogP contribution in [0.15, 0.2) is 36.9 Å². The lowest BCUT2D eigenvalue weighted by atomic mass is 10.1. The maximum absolute atomic E-state index is 6.08. The smallest absolute Gasteiger partial charge is 0.244 e. The molecule has 1 saturated heterocycles. The highest BCUT2D eigenvalue weighted by molar-refractivity contribution is 5.82. The first-order chi connectivity index (χ1) is 12.3. The summed E-state index contributed by atoms with van der Waals surface area (Å²) in [5.74, 6) is 0.525. The Morgan fingerprint density at radius 1 is 1.16 bits per heavy atom. The zero-order chi connectivity index (χ0) is 17.1. The lowest BCUT2D eigenvalue weighted by Gasteiger charge is -2.22. The summed E-state index contributed by atoms with van der Waals surface area (Å²) < 4.78 is 11.5. The van der Waals surface area contributed by atoms with E-state index in [-0.39, 0.29) is 6.10 Å². The Bertz CT molecular complexity index is 880. The van der Waals surface area contributed by atoms with Crippen LogP contribution < -0.4 is 10.1 Å². The van der Waals surface area contributed by atoms with E-state index in [1.54, 1.807) is 12.4 Å². The van der Waals surface area contributed by atoms with Crippen molar-refractivity contribution in [2.24, 2.45) is 0 Å². The molecule has 4 rings (SSSR count). The van der Waals surface area contributed by atoms with Crippen LogP contribution in [0.4, 0.5) is 5.69 Å². The van der Waals surface area contributed by atoms with E-state index in [0.717, 1.165) is 48.5 Å². The third kappa shape index (κ3) is 3.36. The Morgan fingerprint density at radius 2 is 2.04 bits per heavy atom. The zero-order valence-electron chi connectivity index (χ0n) is 14.0. The normalized spacial score (nSPS) is 15.2. The van der Waals surface area contributed by atoms with Gasteiger partial charge in [-0.05, 0) is 18.2 Å². The van der Waals surface area contributed by atoms with Crippen LogP contribution in [-0.4, -0.2) is 46.3 Å². The third-order valence-corrected chi connectivity index (χ3v) is 4.22. The predicted molar refractivity (Wildman–Crippen MR) is 94.6 cm³/mol. The van der Waals surface area contributed by atoms with Gasteiger partial charge < -0.3 is 14.8 Å². The molecule has 0 spiro atoms. The van der Waals surface area contributed by atoms with Crippen LogP contribution in [0.2, 0.25) is 0 Å². The van der Waals surface area contributed by atoms with Crippen molar-refractivity contribution in [3.05, 3.63) is 36.9 Å². The number of nitrogens with one attached hydrogen (secondary N) is 1. The standard InChI is InChI=1S/C18H19N5O2/c1-19-13-8-12(9-20-10-13)15-2-3-16-17(23-15)18(22-11-21-16)25-14-4-6-24-7-5-14/h2-3,8-11,14,19H,4-7H2,1H3. The summed E-state index contributed by atoms with van der Waals surface area (Å²) in [4.78, 5) is 17.6. The van der Waals surface area contributed by atoms with Crippen molar-refractivity contribution in [2.75, 3.05) is 25.6 Å². The molecule has 0 saturated carbocycles.